The van der Waals surface area contributed by atoms with Crippen LogP contribution in [0.3, 0.4) is 0 Å². The van der Waals surface area contributed by atoms with Gasteiger partial charge in [0.2, 0.25) is 0 Å². The van der Waals surface area contributed by atoms with Gasteiger partial charge in [-0.2, -0.15) is 0 Å². The van der Waals surface area contributed by atoms with Crippen molar-refractivity contribution in [2.24, 2.45) is 0 Å². The fraction of sp³-hybridized carbons (Fsp3) is 0.333. The lowest BCUT2D eigenvalue weighted by Crippen LogP contribution is -2.17. The SMILES string of the molecule is Cc1ccn2cnnc2c1NC(=O)c1noc2c1CCCC2. The molecular weight excluding hydrogens is 282 g/mol. The molecule has 4 rings (SSSR count). The quantitative estimate of drug-likeness (QED) is 0.783. The average Bonchev–Trinajstić information content (AvgIpc) is 3.16. The Morgan fingerprint density at radius 1 is 1.36 bits per heavy atom. The maximum atomic E-state index is 12.6. The highest BCUT2D eigenvalue weighted by Gasteiger charge is 2.24. The van der Waals surface area contributed by atoms with Gasteiger partial charge >= 0.3 is 0 Å². The molecule has 3 aromatic rings. The maximum Gasteiger partial charge on any atom is 0.278 e. The van der Waals surface area contributed by atoms with Crippen molar-refractivity contribution in [3.63, 3.8) is 0 Å². The van der Waals surface area contributed by atoms with Crippen LogP contribution in [-0.2, 0) is 12.8 Å². The van der Waals surface area contributed by atoms with Gasteiger partial charge in [-0.15, -0.1) is 10.2 Å². The Labute approximate surface area is 126 Å². The van der Waals surface area contributed by atoms with Crippen LogP contribution in [0.15, 0.2) is 23.1 Å². The smallest absolute Gasteiger partial charge is 0.278 e. The topological polar surface area (TPSA) is 85.3 Å². The molecule has 112 valence electrons. The number of nitrogens with one attached hydrogen (secondary N) is 1. The second-order valence-corrected chi connectivity index (χ2v) is 5.53. The Hall–Kier alpha value is -2.70. The van der Waals surface area contributed by atoms with Crippen molar-refractivity contribution in [3.8, 4) is 0 Å². The first-order valence-corrected chi connectivity index (χ1v) is 7.32. The second-order valence-electron chi connectivity index (χ2n) is 5.53. The first-order chi connectivity index (χ1) is 10.7. The van der Waals surface area contributed by atoms with Crippen LogP contribution in [0.5, 0.6) is 0 Å². The van der Waals surface area contributed by atoms with Crippen LogP contribution in [-0.4, -0.2) is 25.7 Å². The Morgan fingerprint density at radius 3 is 3.14 bits per heavy atom. The largest absolute Gasteiger partial charge is 0.360 e. The van der Waals surface area contributed by atoms with E-state index in [9.17, 15) is 4.79 Å². The molecule has 0 saturated carbocycles. The molecular formula is C15H15N5O2. The third-order valence-electron chi connectivity index (χ3n) is 4.08. The van der Waals surface area contributed by atoms with E-state index in [2.05, 4.69) is 20.7 Å². The molecule has 3 heterocycles. The molecule has 0 atom stereocenters. The van der Waals surface area contributed by atoms with E-state index < -0.39 is 0 Å². The molecule has 0 spiro atoms. The normalized spacial score (nSPS) is 14.0. The lowest BCUT2D eigenvalue weighted by Gasteiger charge is -2.11. The fourth-order valence-corrected chi connectivity index (χ4v) is 2.87. The van der Waals surface area contributed by atoms with Gasteiger partial charge in [0.05, 0.1) is 5.69 Å². The van der Waals surface area contributed by atoms with E-state index in [1.807, 2.05) is 19.2 Å². The minimum atomic E-state index is -0.258. The molecule has 0 unspecified atom stereocenters. The molecule has 7 nitrogen and oxygen atoms in total. The van der Waals surface area contributed by atoms with E-state index in [0.29, 0.717) is 17.0 Å². The van der Waals surface area contributed by atoms with Crippen LogP contribution in [0.4, 0.5) is 5.69 Å². The van der Waals surface area contributed by atoms with Crippen LogP contribution in [0.1, 0.15) is 40.2 Å². The van der Waals surface area contributed by atoms with E-state index in [-0.39, 0.29) is 5.91 Å². The van der Waals surface area contributed by atoms with Crippen molar-refractivity contribution in [1.82, 2.24) is 19.8 Å². The molecule has 0 bridgehead atoms. The van der Waals surface area contributed by atoms with Gasteiger partial charge in [0.15, 0.2) is 11.3 Å². The summed E-state index contributed by atoms with van der Waals surface area (Å²) in [6.45, 7) is 1.92. The van der Waals surface area contributed by atoms with Gasteiger partial charge in [0.1, 0.15) is 12.1 Å². The summed E-state index contributed by atoms with van der Waals surface area (Å²) < 4.78 is 7.07. The Bertz CT molecular complexity index is 864. The van der Waals surface area contributed by atoms with Crippen molar-refractivity contribution in [1.29, 1.82) is 0 Å². The van der Waals surface area contributed by atoms with Crippen molar-refractivity contribution in [2.45, 2.75) is 32.6 Å². The van der Waals surface area contributed by atoms with Crippen LogP contribution in [0.25, 0.3) is 5.65 Å². The summed E-state index contributed by atoms with van der Waals surface area (Å²) in [4.78, 5) is 12.6. The van der Waals surface area contributed by atoms with Gasteiger partial charge in [0.25, 0.3) is 5.91 Å². The lowest BCUT2D eigenvalue weighted by atomic mass is 9.96. The van der Waals surface area contributed by atoms with Gasteiger partial charge in [0, 0.05) is 18.2 Å². The van der Waals surface area contributed by atoms with Gasteiger partial charge in [-0.1, -0.05) is 5.16 Å². The number of rotatable bonds is 2. The highest BCUT2D eigenvalue weighted by molar-refractivity contribution is 6.06. The number of nitrogens with zero attached hydrogens (tertiary/aromatic N) is 4. The zero-order chi connectivity index (χ0) is 15.1. The van der Waals surface area contributed by atoms with Crippen LogP contribution < -0.4 is 5.32 Å². The monoisotopic (exact) mass is 297 g/mol. The molecule has 0 aliphatic heterocycles. The van der Waals surface area contributed by atoms with Crippen molar-refractivity contribution >= 4 is 17.2 Å². The second kappa shape index (κ2) is 4.94. The first-order valence-electron chi connectivity index (χ1n) is 7.32. The van der Waals surface area contributed by atoms with Gasteiger partial charge < -0.3 is 9.84 Å². The molecule has 0 radical (unpaired) electrons. The summed E-state index contributed by atoms with van der Waals surface area (Å²) in [5, 5.41) is 14.8. The minimum absolute atomic E-state index is 0.258. The Morgan fingerprint density at radius 2 is 2.23 bits per heavy atom. The third-order valence-corrected chi connectivity index (χ3v) is 4.08. The molecule has 22 heavy (non-hydrogen) atoms. The molecule has 0 aromatic carbocycles. The predicted octanol–water partition coefficient (Wildman–Crippen LogP) is 2.16. The average molecular weight is 297 g/mol. The van der Waals surface area contributed by atoms with Crippen LogP contribution >= 0.6 is 0 Å². The minimum Gasteiger partial charge on any atom is -0.360 e. The van der Waals surface area contributed by atoms with Gasteiger partial charge in [-0.3, -0.25) is 9.20 Å². The van der Waals surface area contributed by atoms with E-state index in [4.69, 9.17) is 4.52 Å². The number of hydrogen-bond donors (Lipinski definition) is 1. The summed E-state index contributed by atoms with van der Waals surface area (Å²) in [6, 6.07) is 1.91. The highest BCUT2D eigenvalue weighted by atomic mass is 16.5. The summed E-state index contributed by atoms with van der Waals surface area (Å²) in [6.07, 6.45) is 7.31. The number of fused-ring (bicyclic) bond motifs is 2. The number of aryl methyl sites for hydroxylation is 2. The van der Waals surface area contributed by atoms with E-state index >= 15 is 0 Å². The Balaban J connectivity index is 1.71. The number of carbonyl (C=O) groups excluding carboxylic acids is 1. The number of anilines is 1. The standard InChI is InChI=1S/C15H15N5O2/c1-9-6-7-20-8-16-18-14(20)12(9)17-15(21)13-10-4-2-3-5-11(10)22-19-13/h6-8H,2-5H2,1H3,(H,17,21). The zero-order valence-corrected chi connectivity index (χ0v) is 12.2. The van der Waals surface area contributed by atoms with Crippen molar-refractivity contribution < 1.29 is 9.32 Å². The summed E-state index contributed by atoms with van der Waals surface area (Å²) >= 11 is 0. The lowest BCUT2D eigenvalue weighted by molar-refractivity contribution is 0.101. The molecule has 1 aliphatic rings. The molecule has 1 aliphatic carbocycles. The molecule has 0 fully saturated rings. The third kappa shape index (κ3) is 1.97. The van der Waals surface area contributed by atoms with Crippen molar-refractivity contribution in [2.75, 3.05) is 5.32 Å². The number of pyridine rings is 1. The number of amides is 1. The van der Waals surface area contributed by atoms with E-state index in [1.54, 1.807) is 10.7 Å². The number of hydrogen-bond acceptors (Lipinski definition) is 5. The molecule has 1 N–H and O–H groups in total. The van der Waals surface area contributed by atoms with Crippen LogP contribution in [0, 0.1) is 6.92 Å². The maximum absolute atomic E-state index is 12.6. The molecule has 7 heteroatoms. The predicted molar refractivity (Wildman–Crippen MR) is 78.8 cm³/mol. The Kier molecular flexibility index (Phi) is 2.92. The zero-order valence-electron chi connectivity index (χ0n) is 12.2. The summed E-state index contributed by atoms with van der Waals surface area (Å²) in [5.74, 6) is 0.583. The highest BCUT2D eigenvalue weighted by Crippen LogP contribution is 2.26. The number of aromatic nitrogens is 4. The molecule has 1 amide bonds. The van der Waals surface area contributed by atoms with E-state index in [0.717, 1.165) is 42.6 Å². The van der Waals surface area contributed by atoms with Gasteiger partial charge in [-0.05, 0) is 37.8 Å². The molecule has 3 aromatic heterocycles. The number of carbonyl (C=O) groups is 1. The van der Waals surface area contributed by atoms with Gasteiger partial charge in [-0.25, -0.2) is 0 Å². The molecule has 0 saturated heterocycles. The fourth-order valence-electron chi connectivity index (χ4n) is 2.87. The van der Waals surface area contributed by atoms with Crippen molar-refractivity contribution in [3.05, 3.63) is 41.2 Å². The first kappa shape index (κ1) is 13.0. The van der Waals surface area contributed by atoms with E-state index in [1.165, 1.54) is 0 Å². The summed E-state index contributed by atoms with van der Waals surface area (Å²) in [5.41, 5.74) is 3.51. The summed E-state index contributed by atoms with van der Waals surface area (Å²) in [7, 11) is 0. The van der Waals surface area contributed by atoms with Crippen LogP contribution in [0.2, 0.25) is 0 Å².